The predicted molar refractivity (Wildman–Crippen MR) is 28.6 cm³/mol. The summed E-state index contributed by atoms with van der Waals surface area (Å²) in [4.78, 5) is 76.9. The Kier molecular flexibility index (Phi) is 31.2. The predicted octanol–water partition coefficient (Wildman–Crippen LogP) is -11.9. The molecule has 0 aliphatic rings. The first kappa shape index (κ1) is 36.8. The van der Waals surface area contributed by atoms with E-state index in [9.17, 15) is 0 Å². The zero-order valence-electron chi connectivity index (χ0n) is 8.24. The van der Waals surface area contributed by atoms with Crippen LogP contribution in [0.25, 0.3) is 0 Å². The first-order valence-electron chi connectivity index (χ1n) is 2.19. The van der Waals surface area contributed by atoms with Gasteiger partial charge in [-0.3, -0.25) is 0 Å². The molecule has 18 heteroatoms. The molecule has 0 saturated carbocycles. The average molecular weight is 368 g/mol. The maximum absolute atomic E-state index is 8.55. The maximum Gasteiger partial charge on any atom is 4.00 e. The minimum Gasteiger partial charge on any atom is -0.822 e. The summed E-state index contributed by atoms with van der Waals surface area (Å²) in [5, 5.41) is 0. The van der Waals surface area contributed by atoms with E-state index in [1.165, 1.54) is 0 Å². The molecule has 96 valence electrons. The van der Waals surface area contributed by atoms with Crippen molar-refractivity contribution in [2.45, 2.75) is 0 Å². The standard InChI is InChI=1S/Li.3H3O4P.Si.Ti/c;3*1-5(2,3)4;;/h;3*(H3,1,2,3,4);;/q+1;;;;2*+4/p-9. The molecule has 0 spiro atoms. The molecule has 0 rings (SSSR count). The Labute approximate surface area is 132 Å². The molecule has 0 N–H and O–H groups in total. The van der Waals surface area contributed by atoms with E-state index in [4.69, 9.17) is 57.7 Å². The van der Waals surface area contributed by atoms with Gasteiger partial charge in [0.25, 0.3) is 0 Å². The van der Waals surface area contributed by atoms with Crippen molar-refractivity contribution in [3.63, 3.8) is 0 Å². The van der Waals surface area contributed by atoms with Crippen LogP contribution in [0.2, 0.25) is 0 Å². The molecule has 12 nitrogen and oxygen atoms in total. The molecule has 0 aromatic rings. The van der Waals surface area contributed by atoms with Crippen LogP contribution >= 0.6 is 23.5 Å². The molecule has 0 saturated heterocycles. The van der Waals surface area contributed by atoms with Crippen LogP contribution in [0, 0.1) is 0 Å². The third-order valence-electron chi connectivity index (χ3n) is 0. The summed E-state index contributed by atoms with van der Waals surface area (Å²) in [7, 11) is -16.2. The van der Waals surface area contributed by atoms with Gasteiger partial charge in [0, 0.05) is 0 Å². The number of hydrogen-bond donors (Lipinski definition) is 0. The molecule has 0 aromatic heterocycles. The minimum absolute atomic E-state index is 0. The molecule has 0 aromatic carbocycles. The molecule has 0 aliphatic carbocycles. The third kappa shape index (κ3) is 1470. The van der Waals surface area contributed by atoms with Crippen molar-refractivity contribution in [3.8, 4) is 0 Å². The van der Waals surface area contributed by atoms with Crippen LogP contribution in [0.5, 0.6) is 0 Å². The van der Waals surface area contributed by atoms with Crippen molar-refractivity contribution in [3.05, 3.63) is 0 Å². The first-order valence-corrected chi connectivity index (χ1v) is 6.57. The van der Waals surface area contributed by atoms with Crippen LogP contribution in [0.3, 0.4) is 0 Å². The summed E-state index contributed by atoms with van der Waals surface area (Å²) in [6.45, 7) is 0. The van der Waals surface area contributed by atoms with Gasteiger partial charge in [-0.15, -0.1) is 0 Å². The Balaban J connectivity index is -0.0000000277. The van der Waals surface area contributed by atoms with Crippen LogP contribution in [-0.4, -0.2) is 11.0 Å². The molecule has 0 radical (unpaired) electrons. The molecule has 0 unspecified atom stereocenters. The van der Waals surface area contributed by atoms with Crippen molar-refractivity contribution in [2.75, 3.05) is 0 Å². The SMILES string of the molecule is O=P([O-])([O-])[O-].O=P([O-])([O-])[O-].O=P([O-])([O-])[O-].[Li+].[Si+4].[Ti+4]. The number of phosphoric acid groups is 3. The Morgan fingerprint density at radius 1 is 0.500 bits per heavy atom. The van der Waals surface area contributed by atoms with E-state index in [2.05, 4.69) is 0 Å². The van der Waals surface area contributed by atoms with Crippen LogP contribution in [-0.2, 0) is 35.4 Å². The summed E-state index contributed by atoms with van der Waals surface area (Å²) < 4.78 is 25.6. The van der Waals surface area contributed by atoms with E-state index in [0.29, 0.717) is 0 Å². The second kappa shape index (κ2) is 15.3. The second-order valence-electron chi connectivity index (χ2n) is 1.34. The Morgan fingerprint density at radius 3 is 0.500 bits per heavy atom. The summed E-state index contributed by atoms with van der Waals surface area (Å²) in [6.07, 6.45) is 0. The van der Waals surface area contributed by atoms with Gasteiger partial charge in [0.2, 0.25) is 0 Å². The van der Waals surface area contributed by atoms with Crippen LogP contribution in [0.4, 0.5) is 0 Å². The number of hydrogen-bond acceptors (Lipinski definition) is 12. The van der Waals surface area contributed by atoms with Gasteiger partial charge in [0.15, 0.2) is 0 Å². The third-order valence-corrected chi connectivity index (χ3v) is 0. The Bertz CT molecular complexity index is 213. The van der Waals surface area contributed by atoms with Gasteiger partial charge < -0.3 is 57.7 Å². The van der Waals surface area contributed by atoms with Gasteiger partial charge in [0.05, 0.1) is 0 Å². The van der Waals surface area contributed by atoms with Gasteiger partial charge >= 0.3 is 51.5 Å². The zero-order valence-corrected chi connectivity index (χ0v) is 13.5. The minimum atomic E-state index is -5.39. The largest absolute Gasteiger partial charge is 4.00 e. The van der Waals surface area contributed by atoms with E-state index < -0.39 is 23.5 Å². The summed E-state index contributed by atoms with van der Waals surface area (Å²) in [6, 6.07) is 0. The maximum atomic E-state index is 8.55. The second-order valence-corrected chi connectivity index (χ2v) is 4.02. The summed E-state index contributed by atoms with van der Waals surface area (Å²) in [5.74, 6) is 0. The summed E-state index contributed by atoms with van der Waals surface area (Å²) in [5.41, 5.74) is 0. The number of rotatable bonds is 0. The fraction of sp³-hybridized carbons (Fsp3) is 0. The van der Waals surface area contributed by atoms with Crippen molar-refractivity contribution < 1.29 is 98.3 Å². The first-order chi connectivity index (χ1) is 6.00. The van der Waals surface area contributed by atoms with E-state index in [1.807, 2.05) is 0 Å². The van der Waals surface area contributed by atoms with Crippen molar-refractivity contribution >= 4 is 34.4 Å². The van der Waals surface area contributed by atoms with Gasteiger partial charge in [-0.1, -0.05) is 0 Å². The average Bonchev–Trinajstić information content (AvgIpc) is 1.41. The fourth-order valence-corrected chi connectivity index (χ4v) is 0. The molecule has 0 atom stereocenters. The molecular formula is LiO12P3SiTi. The smallest absolute Gasteiger partial charge is 0.822 e. The molecule has 0 aliphatic heterocycles. The monoisotopic (exact) mass is 368 g/mol. The molecule has 0 heterocycles. The molecular weight excluding hydrogens is 368 g/mol. The van der Waals surface area contributed by atoms with E-state index in [0.717, 1.165) is 0 Å². The van der Waals surface area contributed by atoms with Gasteiger partial charge in [0.1, 0.15) is 0 Å². The zero-order chi connectivity index (χ0) is 13.5. The summed E-state index contributed by atoms with van der Waals surface area (Å²) >= 11 is 0. The van der Waals surface area contributed by atoms with E-state index >= 15 is 0 Å². The quantitative estimate of drug-likeness (QED) is 0.285. The fourth-order valence-electron chi connectivity index (χ4n) is 0. The van der Waals surface area contributed by atoms with Gasteiger partial charge in [-0.05, 0) is 0 Å². The topological polar surface area (TPSA) is 259 Å². The van der Waals surface area contributed by atoms with Gasteiger partial charge in [-0.2, -0.15) is 23.5 Å². The van der Waals surface area contributed by atoms with Crippen molar-refractivity contribution in [2.24, 2.45) is 0 Å². The van der Waals surface area contributed by atoms with E-state index in [1.54, 1.807) is 0 Å². The normalized spacial score (nSPS) is 9.83. The van der Waals surface area contributed by atoms with Crippen molar-refractivity contribution in [1.29, 1.82) is 0 Å². The van der Waals surface area contributed by atoms with Crippen molar-refractivity contribution in [1.82, 2.24) is 0 Å². The van der Waals surface area contributed by atoms with Gasteiger partial charge in [-0.25, -0.2) is 0 Å². The van der Waals surface area contributed by atoms with Crippen LogP contribution in [0.1, 0.15) is 0 Å². The molecule has 0 fully saturated rings. The molecule has 0 amide bonds. The van der Waals surface area contributed by atoms with Crippen LogP contribution in [0.15, 0.2) is 0 Å². The Hall–Kier alpha value is 1.86. The van der Waals surface area contributed by atoms with Crippen LogP contribution < -0.4 is 62.9 Å². The van der Waals surface area contributed by atoms with E-state index in [-0.39, 0.29) is 51.5 Å². The molecule has 18 heavy (non-hydrogen) atoms. The molecule has 0 bridgehead atoms. The Morgan fingerprint density at radius 2 is 0.500 bits per heavy atom.